The van der Waals surface area contributed by atoms with Crippen molar-refractivity contribution in [3.05, 3.63) is 27.8 Å². The van der Waals surface area contributed by atoms with Crippen LogP contribution in [0.2, 0.25) is 0 Å². The number of rotatable bonds is 6. The van der Waals surface area contributed by atoms with Crippen molar-refractivity contribution in [1.29, 1.82) is 0 Å². The molecule has 5 nitrogen and oxygen atoms in total. The Hall–Kier alpha value is -1.08. The predicted octanol–water partition coefficient (Wildman–Crippen LogP) is 3.85. The van der Waals surface area contributed by atoms with Crippen LogP contribution >= 0.6 is 45.7 Å². The maximum atomic E-state index is 12.1. The average molecular weight is 474 g/mol. The summed E-state index contributed by atoms with van der Waals surface area (Å²) in [5, 5.41) is 12.3. The van der Waals surface area contributed by atoms with Crippen molar-refractivity contribution in [2.24, 2.45) is 0 Å². The predicted molar refractivity (Wildman–Crippen MR) is 93.0 cm³/mol. The highest BCUT2D eigenvalue weighted by Gasteiger charge is 2.27. The minimum absolute atomic E-state index is 0.0721. The fourth-order valence-electron chi connectivity index (χ4n) is 1.39. The number of amides is 1. The highest BCUT2D eigenvalue weighted by Crippen LogP contribution is 2.27. The molecular formula is C12H10F3IN4OS2. The number of halogens is 4. The SMILES string of the molecule is O=C(CSc1nnc(NCC(F)(F)F)s1)Nc1ccccc1I. The van der Waals surface area contributed by atoms with Gasteiger partial charge in [-0.3, -0.25) is 4.79 Å². The number of nitrogens with one attached hydrogen (secondary N) is 2. The van der Waals surface area contributed by atoms with Crippen LogP contribution in [0.3, 0.4) is 0 Å². The summed E-state index contributed by atoms with van der Waals surface area (Å²) < 4.78 is 37.6. The summed E-state index contributed by atoms with van der Waals surface area (Å²) in [6.45, 7) is -1.17. The number of benzene rings is 1. The molecule has 0 spiro atoms. The van der Waals surface area contributed by atoms with Crippen molar-refractivity contribution >= 4 is 62.4 Å². The number of hydrogen-bond donors (Lipinski definition) is 2. The maximum absolute atomic E-state index is 12.1. The van der Waals surface area contributed by atoms with Gasteiger partial charge in [0.05, 0.1) is 11.4 Å². The van der Waals surface area contributed by atoms with Crippen LogP contribution in [0, 0.1) is 3.57 Å². The summed E-state index contributed by atoms with van der Waals surface area (Å²) in [7, 11) is 0. The molecule has 0 aliphatic carbocycles. The second kappa shape index (κ2) is 8.15. The Balaban J connectivity index is 1.81. The molecule has 1 amide bonds. The number of aromatic nitrogens is 2. The molecule has 23 heavy (non-hydrogen) atoms. The Morgan fingerprint density at radius 1 is 1.30 bits per heavy atom. The zero-order valence-electron chi connectivity index (χ0n) is 11.4. The third-order valence-electron chi connectivity index (χ3n) is 2.32. The van der Waals surface area contributed by atoms with Gasteiger partial charge in [-0.2, -0.15) is 13.2 Å². The summed E-state index contributed by atoms with van der Waals surface area (Å²) in [5.74, 6) is -0.127. The number of carbonyl (C=O) groups excluding carboxylic acids is 1. The smallest absolute Gasteiger partial charge is 0.351 e. The van der Waals surface area contributed by atoms with Gasteiger partial charge in [0.25, 0.3) is 0 Å². The van der Waals surface area contributed by atoms with Crippen LogP contribution in [0.5, 0.6) is 0 Å². The highest BCUT2D eigenvalue weighted by molar-refractivity contribution is 14.1. The van der Waals surface area contributed by atoms with E-state index in [2.05, 4.69) is 43.4 Å². The lowest BCUT2D eigenvalue weighted by molar-refractivity contribution is -0.115. The van der Waals surface area contributed by atoms with Gasteiger partial charge in [0.1, 0.15) is 6.54 Å². The number of anilines is 2. The number of nitrogens with zero attached hydrogens (tertiary/aromatic N) is 2. The Morgan fingerprint density at radius 3 is 2.74 bits per heavy atom. The number of carbonyl (C=O) groups is 1. The van der Waals surface area contributed by atoms with E-state index in [1.165, 1.54) is 0 Å². The molecule has 2 aromatic rings. The Bertz CT molecular complexity index is 680. The summed E-state index contributed by atoms with van der Waals surface area (Å²) in [4.78, 5) is 11.9. The van der Waals surface area contributed by atoms with Crippen molar-refractivity contribution in [3.8, 4) is 0 Å². The number of thioether (sulfide) groups is 1. The zero-order valence-corrected chi connectivity index (χ0v) is 15.1. The Labute approximate surface area is 151 Å². The number of hydrogen-bond acceptors (Lipinski definition) is 6. The lowest BCUT2D eigenvalue weighted by Gasteiger charge is -2.06. The highest BCUT2D eigenvalue weighted by atomic mass is 127. The van der Waals surface area contributed by atoms with Gasteiger partial charge in [-0.05, 0) is 34.7 Å². The lowest BCUT2D eigenvalue weighted by Crippen LogP contribution is -2.21. The number of para-hydroxylation sites is 1. The van der Waals surface area contributed by atoms with Gasteiger partial charge >= 0.3 is 6.18 Å². The molecule has 1 aromatic carbocycles. The standard InChI is InChI=1S/C12H10F3IN4OS2/c13-12(14,15)6-17-10-19-20-11(23-10)22-5-9(21)18-8-4-2-1-3-7(8)16/h1-4H,5-6H2,(H,17,19)(H,18,21). The van der Waals surface area contributed by atoms with Crippen LogP contribution in [0.4, 0.5) is 24.0 Å². The normalized spacial score (nSPS) is 11.3. The van der Waals surface area contributed by atoms with Gasteiger partial charge in [0, 0.05) is 3.57 Å². The van der Waals surface area contributed by atoms with E-state index in [1.54, 1.807) is 6.07 Å². The van der Waals surface area contributed by atoms with E-state index in [-0.39, 0.29) is 16.8 Å². The van der Waals surface area contributed by atoms with Gasteiger partial charge in [-0.15, -0.1) is 10.2 Å². The fourth-order valence-corrected chi connectivity index (χ4v) is 3.46. The van der Waals surface area contributed by atoms with Crippen LogP contribution in [0.15, 0.2) is 28.6 Å². The van der Waals surface area contributed by atoms with Gasteiger partial charge in [0.15, 0.2) is 4.34 Å². The minimum atomic E-state index is -4.31. The van der Waals surface area contributed by atoms with Crippen molar-refractivity contribution in [2.75, 3.05) is 22.9 Å². The second-order valence-corrected chi connectivity index (χ2v) is 7.52. The molecule has 0 bridgehead atoms. The molecule has 0 aliphatic rings. The Kier molecular flexibility index (Phi) is 6.47. The van der Waals surface area contributed by atoms with E-state index in [0.29, 0.717) is 10.0 Å². The fraction of sp³-hybridized carbons (Fsp3) is 0.250. The van der Waals surface area contributed by atoms with Crippen molar-refractivity contribution in [2.45, 2.75) is 10.5 Å². The van der Waals surface area contributed by atoms with Crippen molar-refractivity contribution in [3.63, 3.8) is 0 Å². The average Bonchev–Trinajstić information content (AvgIpc) is 2.93. The van der Waals surface area contributed by atoms with Gasteiger partial charge in [-0.1, -0.05) is 35.2 Å². The topological polar surface area (TPSA) is 66.9 Å². The second-order valence-electron chi connectivity index (χ2n) is 4.16. The summed E-state index contributed by atoms with van der Waals surface area (Å²) >= 11 is 4.20. The number of alkyl halides is 3. The van der Waals surface area contributed by atoms with E-state index in [4.69, 9.17) is 0 Å². The molecule has 11 heteroatoms. The van der Waals surface area contributed by atoms with Gasteiger partial charge < -0.3 is 10.6 Å². The molecule has 0 aliphatic heterocycles. The summed E-state index contributed by atoms with van der Waals surface area (Å²) in [5.41, 5.74) is 0.712. The quantitative estimate of drug-likeness (QED) is 0.492. The van der Waals surface area contributed by atoms with Crippen molar-refractivity contribution in [1.82, 2.24) is 10.2 Å². The van der Waals surface area contributed by atoms with Crippen molar-refractivity contribution < 1.29 is 18.0 Å². The zero-order chi connectivity index (χ0) is 16.9. The molecule has 0 saturated carbocycles. The summed E-state index contributed by atoms with van der Waals surface area (Å²) in [6, 6.07) is 7.33. The monoisotopic (exact) mass is 474 g/mol. The van der Waals surface area contributed by atoms with Crippen LogP contribution < -0.4 is 10.6 Å². The molecule has 2 N–H and O–H groups in total. The molecule has 1 heterocycles. The molecule has 2 rings (SSSR count). The van der Waals surface area contributed by atoms with Crippen LogP contribution in [-0.2, 0) is 4.79 Å². The first-order valence-corrected chi connectivity index (χ1v) is 9.03. The minimum Gasteiger partial charge on any atom is -0.351 e. The van der Waals surface area contributed by atoms with Gasteiger partial charge in [0.2, 0.25) is 11.0 Å². The summed E-state index contributed by atoms with van der Waals surface area (Å²) in [6.07, 6.45) is -4.31. The van der Waals surface area contributed by atoms with Crippen LogP contribution in [0.25, 0.3) is 0 Å². The molecule has 1 aromatic heterocycles. The van der Waals surface area contributed by atoms with E-state index >= 15 is 0 Å². The van der Waals surface area contributed by atoms with E-state index < -0.39 is 12.7 Å². The van der Waals surface area contributed by atoms with Gasteiger partial charge in [-0.25, -0.2) is 0 Å². The molecule has 0 radical (unpaired) electrons. The van der Waals surface area contributed by atoms with Crippen LogP contribution in [0.1, 0.15) is 0 Å². The lowest BCUT2D eigenvalue weighted by atomic mass is 10.3. The third-order valence-corrected chi connectivity index (χ3v) is 5.28. The van der Waals surface area contributed by atoms with E-state index in [1.807, 2.05) is 18.2 Å². The Morgan fingerprint density at radius 2 is 2.04 bits per heavy atom. The molecule has 0 fully saturated rings. The largest absolute Gasteiger partial charge is 0.405 e. The maximum Gasteiger partial charge on any atom is 0.405 e. The molecular weight excluding hydrogens is 464 g/mol. The molecule has 0 unspecified atom stereocenters. The molecule has 124 valence electrons. The first-order chi connectivity index (χ1) is 10.8. The van der Waals surface area contributed by atoms with Crippen LogP contribution in [-0.4, -0.2) is 34.6 Å². The molecule has 0 saturated heterocycles. The first kappa shape index (κ1) is 18.3. The van der Waals surface area contributed by atoms with E-state index in [0.717, 1.165) is 26.7 Å². The third kappa shape index (κ3) is 6.51. The van der Waals surface area contributed by atoms with E-state index in [9.17, 15) is 18.0 Å². The molecule has 0 atom stereocenters. The first-order valence-electron chi connectivity index (χ1n) is 6.15.